The molecule has 0 aliphatic carbocycles. The Kier molecular flexibility index (Phi) is 4.51. The van der Waals surface area contributed by atoms with Gasteiger partial charge in [0.15, 0.2) is 0 Å². The molecule has 0 radical (unpaired) electrons. The van der Waals surface area contributed by atoms with Gasteiger partial charge >= 0.3 is 0 Å². The number of nitrogens with two attached hydrogens (primary N) is 1. The molecule has 2 rings (SSSR count). The van der Waals surface area contributed by atoms with Crippen LogP contribution in [0.3, 0.4) is 0 Å². The highest BCUT2D eigenvalue weighted by atomic mass is 14.7. The number of aliphatic imine (C=N–C) groups is 1. The molecule has 0 spiro atoms. The lowest BCUT2D eigenvalue weighted by Crippen LogP contribution is -1.82. The van der Waals surface area contributed by atoms with Crippen LogP contribution >= 0.6 is 0 Å². The maximum absolute atomic E-state index is 5.30. The van der Waals surface area contributed by atoms with E-state index >= 15 is 0 Å². The van der Waals surface area contributed by atoms with Gasteiger partial charge in [-0.1, -0.05) is 49.4 Å². The van der Waals surface area contributed by atoms with E-state index in [2.05, 4.69) is 42.2 Å². The van der Waals surface area contributed by atoms with Gasteiger partial charge in [-0.2, -0.15) is 0 Å². The number of nitrogens with zero attached hydrogens (tertiary/aromatic N) is 1. The summed E-state index contributed by atoms with van der Waals surface area (Å²) in [6.45, 7) is 2.16. The van der Waals surface area contributed by atoms with Crippen molar-refractivity contribution in [3.05, 3.63) is 66.4 Å². The second kappa shape index (κ2) is 6.55. The second-order valence-corrected chi connectivity index (χ2v) is 4.23. The van der Waals surface area contributed by atoms with E-state index in [1.165, 1.54) is 17.3 Å². The van der Waals surface area contributed by atoms with E-state index < -0.39 is 0 Å². The molecule has 2 aromatic carbocycles. The van der Waals surface area contributed by atoms with Crippen LogP contribution in [-0.4, -0.2) is 6.21 Å². The monoisotopic (exact) mass is 250 g/mol. The lowest BCUT2D eigenvalue weighted by molar-refractivity contribution is 1.14. The van der Waals surface area contributed by atoms with Crippen molar-refractivity contribution >= 4 is 11.9 Å². The molecule has 2 N–H and O–H groups in total. The fourth-order valence-corrected chi connectivity index (χ4v) is 1.92. The Labute approximate surface area is 114 Å². The number of rotatable bonds is 4. The lowest BCUT2D eigenvalue weighted by atomic mass is 10.0. The molecule has 2 heteroatoms. The van der Waals surface area contributed by atoms with Crippen LogP contribution in [0.5, 0.6) is 0 Å². The number of aryl methyl sites for hydroxylation is 1. The standard InChI is InChI=1S/C17H18N2/c1-2-14-8-10-15(11-9-14)16-6-3-4-7-17(16)19-13-5-12-18/h3-13H,2,18H2,1H3. The van der Waals surface area contributed by atoms with Gasteiger partial charge in [-0.05, 0) is 35.9 Å². The average molecular weight is 250 g/mol. The maximum atomic E-state index is 5.30. The van der Waals surface area contributed by atoms with E-state index in [4.69, 9.17) is 5.73 Å². The maximum Gasteiger partial charge on any atom is 0.0707 e. The third-order valence-electron chi connectivity index (χ3n) is 2.99. The predicted molar refractivity (Wildman–Crippen MR) is 82.7 cm³/mol. The summed E-state index contributed by atoms with van der Waals surface area (Å²) in [6.07, 6.45) is 5.96. The highest BCUT2D eigenvalue weighted by molar-refractivity contribution is 5.81. The summed E-state index contributed by atoms with van der Waals surface area (Å²) in [5, 5.41) is 0. The van der Waals surface area contributed by atoms with Crippen LogP contribution in [0.1, 0.15) is 12.5 Å². The Bertz CT molecular complexity index is 580. The third-order valence-corrected chi connectivity index (χ3v) is 2.99. The molecule has 2 aromatic rings. The Morgan fingerprint density at radius 1 is 1.05 bits per heavy atom. The fraction of sp³-hybridized carbons (Fsp3) is 0.118. The normalized spacial score (nSPS) is 11.4. The smallest absolute Gasteiger partial charge is 0.0707 e. The van der Waals surface area contributed by atoms with E-state index in [0.29, 0.717) is 0 Å². The lowest BCUT2D eigenvalue weighted by Gasteiger charge is -2.06. The predicted octanol–water partition coefficient (Wildman–Crippen LogP) is 4.09. The average Bonchev–Trinajstić information content (AvgIpc) is 2.48. The van der Waals surface area contributed by atoms with Crippen LogP contribution in [-0.2, 0) is 6.42 Å². The molecule has 0 bridgehead atoms. The summed E-state index contributed by atoms with van der Waals surface area (Å²) < 4.78 is 0. The van der Waals surface area contributed by atoms with Crippen LogP contribution < -0.4 is 5.73 Å². The summed E-state index contributed by atoms with van der Waals surface area (Å²) >= 11 is 0. The van der Waals surface area contributed by atoms with Gasteiger partial charge in [0.2, 0.25) is 0 Å². The van der Waals surface area contributed by atoms with Crippen molar-refractivity contribution in [2.45, 2.75) is 13.3 Å². The van der Waals surface area contributed by atoms with Gasteiger partial charge in [0, 0.05) is 11.8 Å². The molecule has 19 heavy (non-hydrogen) atoms. The minimum absolute atomic E-state index is 0.949. The molecule has 96 valence electrons. The summed E-state index contributed by atoms with van der Waals surface area (Å²) in [5.74, 6) is 0. The highest BCUT2D eigenvalue weighted by Crippen LogP contribution is 2.29. The minimum Gasteiger partial charge on any atom is -0.405 e. The van der Waals surface area contributed by atoms with Crippen molar-refractivity contribution in [2.24, 2.45) is 10.7 Å². The fourth-order valence-electron chi connectivity index (χ4n) is 1.92. The molecular formula is C17H18N2. The van der Waals surface area contributed by atoms with Crippen LogP contribution in [0.4, 0.5) is 5.69 Å². The molecule has 0 aromatic heterocycles. The van der Waals surface area contributed by atoms with Gasteiger partial charge in [0.1, 0.15) is 0 Å². The Hall–Kier alpha value is -2.35. The quantitative estimate of drug-likeness (QED) is 0.815. The Morgan fingerprint density at radius 3 is 2.47 bits per heavy atom. The van der Waals surface area contributed by atoms with Gasteiger partial charge in [0.25, 0.3) is 0 Å². The number of para-hydroxylation sites is 1. The summed E-state index contributed by atoms with van der Waals surface area (Å²) in [7, 11) is 0. The zero-order valence-electron chi connectivity index (χ0n) is 11.1. The summed E-state index contributed by atoms with van der Waals surface area (Å²) in [6, 6.07) is 16.7. The summed E-state index contributed by atoms with van der Waals surface area (Å²) in [4.78, 5) is 4.42. The molecule has 0 saturated carbocycles. The molecule has 0 unspecified atom stereocenters. The second-order valence-electron chi connectivity index (χ2n) is 4.23. The van der Waals surface area contributed by atoms with Gasteiger partial charge < -0.3 is 5.73 Å². The van der Waals surface area contributed by atoms with E-state index in [-0.39, 0.29) is 0 Å². The van der Waals surface area contributed by atoms with Crippen molar-refractivity contribution in [1.29, 1.82) is 0 Å². The third kappa shape index (κ3) is 3.32. The summed E-state index contributed by atoms with van der Waals surface area (Å²) in [5.41, 5.74) is 9.91. The molecule has 0 saturated heterocycles. The first-order chi connectivity index (χ1) is 9.35. The molecule has 0 aliphatic rings. The number of hydrogen-bond donors (Lipinski definition) is 1. The van der Waals surface area contributed by atoms with E-state index in [1.54, 1.807) is 12.3 Å². The molecule has 2 nitrogen and oxygen atoms in total. The zero-order valence-corrected chi connectivity index (χ0v) is 11.1. The highest BCUT2D eigenvalue weighted by Gasteiger charge is 2.02. The minimum atomic E-state index is 0.949. The van der Waals surface area contributed by atoms with Gasteiger partial charge in [-0.25, -0.2) is 0 Å². The molecule has 0 heterocycles. The van der Waals surface area contributed by atoms with Gasteiger partial charge in [0.05, 0.1) is 5.69 Å². The molecule has 0 amide bonds. The van der Waals surface area contributed by atoms with Crippen molar-refractivity contribution in [3.63, 3.8) is 0 Å². The van der Waals surface area contributed by atoms with Crippen LogP contribution in [0.15, 0.2) is 65.8 Å². The number of hydrogen-bond acceptors (Lipinski definition) is 2. The van der Waals surface area contributed by atoms with E-state index in [0.717, 1.165) is 17.7 Å². The van der Waals surface area contributed by atoms with Crippen LogP contribution in [0, 0.1) is 0 Å². The van der Waals surface area contributed by atoms with Crippen molar-refractivity contribution in [1.82, 2.24) is 0 Å². The topological polar surface area (TPSA) is 38.4 Å². The first-order valence-electron chi connectivity index (χ1n) is 6.44. The SMILES string of the molecule is CCc1ccc(-c2ccccc2N=CC=CN)cc1. The van der Waals surface area contributed by atoms with Crippen molar-refractivity contribution in [2.75, 3.05) is 0 Å². The van der Waals surface area contributed by atoms with Gasteiger partial charge in [-0.15, -0.1) is 0 Å². The molecule has 0 fully saturated rings. The first-order valence-corrected chi connectivity index (χ1v) is 6.44. The Morgan fingerprint density at radius 2 is 1.79 bits per heavy atom. The van der Waals surface area contributed by atoms with E-state index in [1.807, 2.05) is 18.2 Å². The molecule has 0 atom stereocenters. The largest absolute Gasteiger partial charge is 0.405 e. The van der Waals surface area contributed by atoms with Crippen LogP contribution in [0.25, 0.3) is 11.1 Å². The Balaban J connectivity index is 2.37. The van der Waals surface area contributed by atoms with Crippen LogP contribution in [0.2, 0.25) is 0 Å². The number of allylic oxidation sites excluding steroid dienone is 1. The molecule has 0 aliphatic heterocycles. The molecular weight excluding hydrogens is 232 g/mol. The van der Waals surface area contributed by atoms with Gasteiger partial charge in [-0.3, -0.25) is 4.99 Å². The number of benzene rings is 2. The zero-order chi connectivity index (χ0) is 13.5. The van der Waals surface area contributed by atoms with Crippen molar-refractivity contribution in [3.8, 4) is 11.1 Å². The van der Waals surface area contributed by atoms with Crippen molar-refractivity contribution < 1.29 is 0 Å². The van der Waals surface area contributed by atoms with E-state index in [9.17, 15) is 0 Å². The first kappa shape index (κ1) is 13.1.